The number of esters is 1. The molecule has 0 spiro atoms. The molecular formula is C16H15ClN2O3. The molecule has 0 unspecified atom stereocenters. The summed E-state index contributed by atoms with van der Waals surface area (Å²) in [5, 5.41) is 9.92. The van der Waals surface area contributed by atoms with E-state index >= 15 is 0 Å². The standard InChI is InChI=1S/C16H15ClN2O3/c1-3-12-14(16(20)21-2)13(11(8-18)15(19)22-12)9-5-4-6-10(17)7-9/h4-7,13H,3,19H2,1-2H3/t13-/m0/s1. The Morgan fingerprint density at radius 3 is 2.82 bits per heavy atom. The summed E-state index contributed by atoms with van der Waals surface area (Å²) in [5.74, 6) is -0.813. The van der Waals surface area contributed by atoms with Crippen molar-refractivity contribution in [3.05, 3.63) is 57.6 Å². The molecule has 2 N–H and O–H groups in total. The van der Waals surface area contributed by atoms with Gasteiger partial charge in [0, 0.05) is 11.4 Å². The molecule has 5 nitrogen and oxygen atoms in total. The second kappa shape index (κ2) is 6.54. The van der Waals surface area contributed by atoms with E-state index in [0.29, 0.717) is 22.8 Å². The Bertz CT molecular complexity index is 716. The minimum absolute atomic E-state index is 0.00280. The topological polar surface area (TPSA) is 85.3 Å². The molecule has 1 aromatic carbocycles. The van der Waals surface area contributed by atoms with Crippen LogP contribution in [0, 0.1) is 11.3 Å². The molecule has 1 aromatic rings. The number of carbonyl (C=O) groups excluding carboxylic acids is 1. The summed E-state index contributed by atoms with van der Waals surface area (Å²) in [5.41, 5.74) is 6.97. The van der Waals surface area contributed by atoms with Crippen LogP contribution in [0.2, 0.25) is 5.02 Å². The molecule has 114 valence electrons. The molecule has 0 bridgehead atoms. The van der Waals surface area contributed by atoms with Crippen molar-refractivity contribution in [2.24, 2.45) is 5.73 Å². The van der Waals surface area contributed by atoms with Crippen LogP contribution in [0.25, 0.3) is 0 Å². The fraction of sp³-hybridized carbons (Fsp3) is 0.250. The van der Waals surface area contributed by atoms with Crippen molar-refractivity contribution in [3.8, 4) is 6.07 Å². The number of halogens is 1. The van der Waals surface area contributed by atoms with Gasteiger partial charge in [-0.25, -0.2) is 4.79 Å². The lowest BCUT2D eigenvalue weighted by molar-refractivity contribution is -0.136. The van der Waals surface area contributed by atoms with Gasteiger partial charge >= 0.3 is 5.97 Å². The van der Waals surface area contributed by atoms with Gasteiger partial charge in [-0.3, -0.25) is 0 Å². The lowest BCUT2D eigenvalue weighted by Gasteiger charge is -2.27. The summed E-state index contributed by atoms with van der Waals surface area (Å²) in [7, 11) is 1.28. The average molecular weight is 319 g/mol. The van der Waals surface area contributed by atoms with Gasteiger partial charge in [-0.05, 0) is 17.7 Å². The van der Waals surface area contributed by atoms with E-state index in [-0.39, 0.29) is 17.0 Å². The number of benzene rings is 1. The first-order valence-corrected chi connectivity index (χ1v) is 7.05. The molecule has 1 heterocycles. The summed E-state index contributed by atoms with van der Waals surface area (Å²) in [6.07, 6.45) is 0.445. The van der Waals surface area contributed by atoms with Gasteiger partial charge in [-0.2, -0.15) is 5.26 Å². The minimum Gasteiger partial charge on any atom is -0.466 e. The molecule has 2 rings (SSSR count). The summed E-state index contributed by atoms with van der Waals surface area (Å²) in [6.45, 7) is 1.83. The molecule has 1 aliphatic rings. The maximum atomic E-state index is 12.2. The monoisotopic (exact) mass is 318 g/mol. The zero-order valence-corrected chi connectivity index (χ0v) is 13.0. The van der Waals surface area contributed by atoms with Crippen LogP contribution in [-0.2, 0) is 14.3 Å². The Morgan fingerprint density at radius 2 is 2.27 bits per heavy atom. The zero-order valence-electron chi connectivity index (χ0n) is 12.2. The predicted molar refractivity (Wildman–Crippen MR) is 81.4 cm³/mol. The predicted octanol–water partition coefficient (Wildman–Crippen LogP) is 2.98. The van der Waals surface area contributed by atoms with Gasteiger partial charge in [-0.15, -0.1) is 0 Å². The average Bonchev–Trinajstić information content (AvgIpc) is 2.52. The number of methoxy groups -OCH3 is 1. The SMILES string of the molecule is CCC1=C(C(=O)OC)[C@@H](c2cccc(Cl)c2)C(C#N)=C(N)O1. The zero-order chi connectivity index (χ0) is 16.3. The Labute approximate surface area is 133 Å². The molecule has 22 heavy (non-hydrogen) atoms. The van der Waals surface area contributed by atoms with E-state index < -0.39 is 11.9 Å². The second-order valence-electron chi connectivity index (χ2n) is 4.66. The van der Waals surface area contributed by atoms with Crippen molar-refractivity contribution in [1.82, 2.24) is 0 Å². The fourth-order valence-corrected chi connectivity index (χ4v) is 2.63. The van der Waals surface area contributed by atoms with Crippen molar-refractivity contribution in [2.45, 2.75) is 19.3 Å². The van der Waals surface area contributed by atoms with Crippen LogP contribution in [0.15, 0.2) is 47.1 Å². The van der Waals surface area contributed by atoms with Gasteiger partial charge in [0.25, 0.3) is 0 Å². The van der Waals surface area contributed by atoms with Crippen molar-refractivity contribution in [1.29, 1.82) is 5.26 Å². The third kappa shape index (κ3) is 2.78. The van der Waals surface area contributed by atoms with E-state index in [0.717, 1.165) is 0 Å². The maximum Gasteiger partial charge on any atom is 0.338 e. The maximum absolute atomic E-state index is 12.2. The van der Waals surface area contributed by atoms with Crippen molar-refractivity contribution in [2.75, 3.05) is 7.11 Å². The smallest absolute Gasteiger partial charge is 0.338 e. The van der Waals surface area contributed by atoms with Crippen LogP contribution in [0.3, 0.4) is 0 Å². The highest BCUT2D eigenvalue weighted by Crippen LogP contribution is 2.40. The van der Waals surface area contributed by atoms with E-state index in [1.807, 2.05) is 13.0 Å². The molecule has 0 amide bonds. The van der Waals surface area contributed by atoms with Crippen molar-refractivity contribution < 1.29 is 14.3 Å². The number of nitrogens with zero attached hydrogens (tertiary/aromatic N) is 1. The van der Waals surface area contributed by atoms with Gasteiger partial charge in [0.2, 0.25) is 5.88 Å². The van der Waals surface area contributed by atoms with E-state index in [9.17, 15) is 10.1 Å². The molecule has 6 heteroatoms. The number of nitriles is 1. The number of hydrogen-bond acceptors (Lipinski definition) is 5. The summed E-state index contributed by atoms with van der Waals surface area (Å²) in [6, 6.07) is 8.96. The van der Waals surface area contributed by atoms with Gasteiger partial charge in [0.05, 0.1) is 18.6 Å². The fourth-order valence-electron chi connectivity index (χ4n) is 2.43. The van der Waals surface area contributed by atoms with Gasteiger partial charge in [0.1, 0.15) is 17.4 Å². The quantitative estimate of drug-likeness (QED) is 0.866. The number of allylic oxidation sites excluding steroid dienone is 2. The van der Waals surface area contributed by atoms with Gasteiger partial charge < -0.3 is 15.2 Å². The van der Waals surface area contributed by atoms with E-state index in [1.165, 1.54) is 7.11 Å². The number of nitrogens with two attached hydrogens (primary N) is 1. The van der Waals surface area contributed by atoms with E-state index in [1.54, 1.807) is 24.3 Å². The van der Waals surface area contributed by atoms with Crippen LogP contribution in [0.5, 0.6) is 0 Å². The molecule has 0 saturated heterocycles. The Balaban J connectivity index is 2.69. The number of carbonyl (C=O) groups is 1. The first kappa shape index (κ1) is 15.9. The summed E-state index contributed by atoms with van der Waals surface area (Å²) < 4.78 is 10.3. The molecule has 0 radical (unpaired) electrons. The van der Waals surface area contributed by atoms with Crippen molar-refractivity contribution >= 4 is 17.6 Å². The lowest BCUT2D eigenvalue weighted by Crippen LogP contribution is -2.25. The van der Waals surface area contributed by atoms with Crippen molar-refractivity contribution in [3.63, 3.8) is 0 Å². The summed E-state index contributed by atoms with van der Waals surface area (Å²) >= 11 is 6.03. The van der Waals surface area contributed by atoms with Crippen LogP contribution in [0.4, 0.5) is 0 Å². The molecular weight excluding hydrogens is 304 g/mol. The number of ether oxygens (including phenoxy) is 2. The Kier molecular flexibility index (Phi) is 4.74. The molecule has 1 aliphatic heterocycles. The normalized spacial score (nSPS) is 17.8. The van der Waals surface area contributed by atoms with E-state index in [4.69, 9.17) is 26.8 Å². The number of rotatable bonds is 3. The third-order valence-electron chi connectivity index (χ3n) is 3.41. The Morgan fingerprint density at radius 1 is 1.55 bits per heavy atom. The van der Waals surface area contributed by atoms with E-state index in [2.05, 4.69) is 0 Å². The van der Waals surface area contributed by atoms with Crippen LogP contribution < -0.4 is 5.73 Å². The second-order valence-corrected chi connectivity index (χ2v) is 5.10. The molecule has 0 aliphatic carbocycles. The van der Waals surface area contributed by atoms with Crippen LogP contribution in [0.1, 0.15) is 24.8 Å². The Hall–Kier alpha value is -2.45. The molecule has 0 saturated carbocycles. The highest BCUT2D eigenvalue weighted by Gasteiger charge is 2.36. The lowest BCUT2D eigenvalue weighted by atomic mass is 9.82. The third-order valence-corrected chi connectivity index (χ3v) is 3.64. The molecule has 1 atom stereocenters. The van der Waals surface area contributed by atoms with Gasteiger partial charge in [0.15, 0.2) is 0 Å². The van der Waals surface area contributed by atoms with Crippen LogP contribution in [-0.4, -0.2) is 13.1 Å². The summed E-state index contributed by atoms with van der Waals surface area (Å²) in [4.78, 5) is 12.2. The minimum atomic E-state index is -0.653. The first-order valence-electron chi connectivity index (χ1n) is 6.67. The molecule has 0 fully saturated rings. The number of hydrogen-bond donors (Lipinski definition) is 1. The highest BCUT2D eigenvalue weighted by atomic mass is 35.5. The molecule has 0 aromatic heterocycles. The largest absolute Gasteiger partial charge is 0.466 e. The first-order chi connectivity index (χ1) is 10.5. The van der Waals surface area contributed by atoms with Crippen LogP contribution >= 0.6 is 11.6 Å². The van der Waals surface area contributed by atoms with Gasteiger partial charge in [-0.1, -0.05) is 30.7 Å². The highest BCUT2D eigenvalue weighted by molar-refractivity contribution is 6.30.